The Hall–Kier alpha value is -2.18. The van der Waals surface area contributed by atoms with Gasteiger partial charge in [0.25, 0.3) is 11.6 Å². The molecule has 120 valence electrons. The van der Waals surface area contributed by atoms with E-state index < -0.39 is 4.92 Å². The lowest BCUT2D eigenvalue weighted by atomic mass is 9.80. The Morgan fingerprint density at radius 3 is 2.86 bits per heavy atom. The summed E-state index contributed by atoms with van der Waals surface area (Å²) in [6.45, 7) is 5.70. The zero-order chi connectivity index (χ0) is 16.3. The van der Waals surface area contributed by atoms with Crippen LogP contribution in [0.4, 0.5) is 11.5 Å². The quantitative estimate of drug-likeness (QED) is 0.683. The van der Waals surface area contributed by atoms with E-state index in [9.17, 15) is 14.9 Å². The van der Waals surface area contributed by atoms with Crippen molar-refractivity contribution >= 4 is 17.4 Å². The maximum atomic E-state index is 12.6. The van der Waals surface area contributed by atoms with E-state index in [1.54, 1.807) is 4.90 Å². The first-order valence-electron chi connectivity index (χ1n) is 7.55. The number of hydrogen-bond acceptors (Lipinski definition) is 5. The molecule has 0 radical (unpaired) electrons. The second-order valence-electron chi connectivity index (χ2n) is 6.19. The van der Waals surface area contributed by atoms with Gasteiger partial charge in [-0.25, -0.2) is 4.98 Å². The number of amides is 1. The van der Waals surface area contributed by atoms with E-state index in [0.29, 0.717) is 13.1 Å². The number of pyridine rings is 1. The molecule has 1 aliphatic rings. The number of carbonyl (C=O) groups excluding carboxylic acids is 1. The smallest absolute Gasteiger partial charge is 0.288 e. The van der Waals surface area contributed by atoms with Gasteiger partial charge in [-0.3, -0.25) is 14.9 Å². The summed E-state index contributed by atoms with van der Waals surface area (Å²) in [6.07, 6.45) is 5.09. The normalized spacial score (nSPS) is 22.2. The fourth-order valence-electron chi connectivity index (χ4n) is 2.80. The molecule has 1 aromatic heterocycles. The second kappa shape index (κ2) is 6.29. The number of aromatic nitrogens is 1. The molecule has 1 amide bonds. The SMILES string of the molecule is CC[C@@]1(C)CCCN(C(=O)c2cc([N+](=O)[O-])cnc2N)CC1. The van der Waals surface area contributed by atoms with E-state index in [4.69, 9.17) is 5.73 Å². The number of likely N-dealkylation sites (tertiary alicyclic amines) is 1. The molecule has 0 bridgehead atoms. The maximum absolute atomic E-state index is 12.6. The Morgan fingerprint density at radius 1 is 1.50 bits per heavy atom. The van der Waals surface area contributed by atoms with Crippen molar-refractivity contribution in [2.45, 2.75) is 39.5 Å². The van der Waals surface area contributed by atoms with Gasteiger partial charge in [-0.2, -0.15) is 0 Å². The van der Waals surface area contributed by atoms with Crippen LogP contribution in [0.1, 0.15) is 49.9 Å². The highest BCUT2D eigenvalue weighted by Crippen LogP contribution is 2.34. The molecular formula is C15H22N4O3. The standard InChI is InChI=1S/C15H22N4O3/c1-3-15(2)5-4-7-18(8-6-15)14(20)12-9-11(19(21)22)10-17-13(12)16/h9-10H,3-8H2,1-2H3,(H2,16,17)/t15-/m0/s1. The minimum Gasteiger partial charge on any atom is -0.383 e. The zero-order valence-corrected chi connectivity index (χ0v) is 13.0. The molecule has 1 fully saturated rings. The van der Waals surface area contributed by atoms with Crippen LogP contribution in [0.3, 0.4) is 0 Å². The van der Waals surface area contributed by atoms with Crippen LogP contribution >= 0.6 is 0 Å². The van der Waals surface area contributed by atoms with E-state index >= 15 is 0 Å². The molecule has 1 atom stereocenters. The van der Waals surface area contributed by atoms with E-state index in [-0.39, 0.29) is 28.4 Å². The Balaban J connectivity index is 2.21. The third-order valence-electron chi connectivity index (χ3n) is 4.68. The number of nitrogen functional groups attached to an aromatic ring is 1. The number of rotatable bonds is 3. The molecule has 7 nitrogen and oxygen atoms in total. The van der Waals surface area contributed by atoms with Gasteiger partial charge in [-0.15, -0.1) is 0 Å². The third-order valence-corrected chi connectivity index (χ3v) is 4.68. The monoisotopic (exact) mass is 306 g/mol. The van der Waals surface area contributed by atoms with Gasteiger partial charge in [-0.05, 0) is 24.7 Å². The average molecular weight is 306 g/mol. The van der Waals surface area contributed by atoms with Crippen molar-refractivity contribution in [1.82, 2.24) is 9.88 Å². The minimum absolute atomic E-state index is 0.0399. The van der Waals surface area contributed by atoms with Crippen molar-refractivity contribution in [2.24, 2.45) is 5.41 Å². The Kier molecular flexibility index (Phi) is 4.63. The lowest BCUT2D eigenvalue weighted by Crippen LogP contribution is -2.33. The summed E-state index contributed by atoms with van der Waals surface area (Å²) in [6, 6.07) is 1.22. The van der Waals surface area contributed by atoms with Crippen LogP contribution in [-0.4, -0.2) is 33.8 Å². The van der Waals surface area contributed by atoms with Crippen LogP contribution in [0.25, 0.3) is 0 Å². The van der Waals surface area contributed by atoms with Crippen LogP contribution in [-0.2, 0) is 0 Å². The lowest BCUT2D eigenvalue weighted by Gasteiger charge is -2.26. The van der Waals surface area contributed by atoms with Crippen LogP contribution in [0, 0.1) is 15.5 Å². The molecular weight excluding hydrogens is 284 g/mol. The van der Waals surface area contributed by atoms with Crippen LogP contribution in [0.2, 0.25) is 0 Å². The molecule has 2 N–H and O–H groups in total. The van der Waals surface area contributed by atoms with Crippen molar-refractivity contribution in [3.63, 3.8) is 0 Å². The van der Waals surface area contributed by atoms with Crippen LogP contribution in [0.5, 0.6) is 0 Å². The number of nitrogens with zero attached hydrogens (tertiary/aromatic N) is 3. The number of carbonyl (C=O) groups is 1. The topological polar surface area (TPSA) is 102 Å². The summed E-state index contributed by atoms with van der Waals surface area (Å²) in [7, 11) is 0. The van der Waals surface area contributed by atoms with Crippen molar-refractivity contribution in [3.05, 3.63) is 27.9 Å². The Bertz CT molecular complexity index is 590. The van der Waals surface area contributed by atoms with Gasteiger partial charge in [0.15, 0.2) is 0 Å². The largest absolute Gasteiger partial charge is 0.383 e. The van der Waals surface area contributed by atoms with E-state index in [2.05, 4.69) is 18.8 Å². The summed E-state index contributed by atoms with van der Waals surface area (Å²) in [5, 5.41) is 10.8. The van der Waals surface area contributed by atoms with Gasteiger partial charge in [-0.1, -0.05) is 20.3 Å². The minimum atomic E-state index is -0.570. The first kappa shape index (κ1) is 16.2. The molecule has 2 heterocycles. The van der Waals surface area contributed by atoms with Gasteiger partial charge in [0, 0.05) is 19.2 Å². The molecule has 1 saturated heterocycles. The molecule has 0 aromatic carbocycles. The first-order valence-corrected chi connectivity index (χ1v) is 7.55. The van der Waals surface area contributed by atoms with E-state index in [0.717, 1.165) is 31.9 Å². The Morgan fingerprint density at radius 2 is 2.23 bits per heavy atom. The lowest BCUT2D eigenvalue weighted by molar-refractivity contribution is -0.385. The van der Waals surface area contributed by atoms with E-state index in [1.165, 1.54) is 6.07 Å². The third kappa shape index (κ3) is 3.35. The molecule has 0 saturated carbocycles. The highest BCUT2D eigenvalue weighted by Gasteiger charge is 2.29. The molecule has 2 rings (SSSR count). The zero-order valence-electron chi connectivity index (χ0n) is 13.0. The van der Waals surface area contributed by atoms with Crippen molar-refractivity contribution in [1.29, 1.82) is 0 Å². The van der Waals surface area contributed by atoms with Crippen molar-refractivity contribution in [2.75, 3.05) is 18.8 Å². The number of nitrogens with two attached hydrogens (primary N) is 1. The molecule has 1 aliphatic heterocycles. The van der Waals surface area contributed by atoms with Crippen molar-refractivity contribution < 1.29 is 9.72 Å². The Labute approximate surface area is 129 Å². The van der Waals surface area contributed by atoms with Gasteiger partial charge in [0.05, 0.1) is 10.5 Å². The fraction of sp³-hybridized carbons (Fsp3) is 0.600. The summed E-state index contributed by atoms with van der Waals surface area (Å²) < 4.78 is 0. The number of hydrogen-bond donors (Lipinski definition) is 1. The van der Waals surface area contributed by atoms with Crippen molar-refractivity contribution in [3.8, 4) is 0 Å². The van der Waals surface area contributed by atoms with Crippen LogP contribution in [0.15, 0.2) is 12.3 Å². The maximum Gasteiger partial charge on any atom is 0.288 e. The number of anilines is 1. The molecule has 0 aliphatic carbocycles. The molecule has 1 aromatic rings. The van der Waals surface area contributed by atoms with Gasteiger partial charge >= 0.3 is 0 Å². The summed E-state index contributed by atoms with van der Waals surface area (Å²) >= 11 is 0. The predicted octanol–water partition coefficient (Wildman–Crippen LogP) is 2.61. The molecule has 0 unspecified atom stereocenters. The summed E-state index contributed by atoms with van der Waals surface area (Å²) in [5.41, 5.74) is 5.89. The molecule has 0 spiro atoms. The summed E-state index contributed by atoms with van der Waals surface area (Å²) in [4.78, 5) is 28.4. The van der Waals surface area contributed by atoms with E-state index in [1.807, 2.05) is 0 Å². The van der Waals surface area contributed by atoms with Crippen LogP contribution < -0.4 is 5.73 Å². The van der Waals surface area contributed by atoms with Gasteiger partial charge in [0.1, 0.15) is 12.0 Å². The summed E-state index contributed by atoms with van der Waals surface area (Å²) in [5.74, 6) is -0.229. The fourth-order valence-corrected chi connectivity index (χ4v) is 2.80. The second-order valence-corrected chi connectivity index (χ2v) is 6.19. The molecule has 7 heteroatoms. The average Bonchev–Trinajstić information content (AvgIpc) is 2.69. The van der Waals surface area contributed by atoms with Gasteiger partial charge in [0.2, 0.25) is 0 Å². The highest BCUT2D eigenvalue weighted by molar-refractivity contribution is 5.98. The molecule has 22 heavy (non-hydrogen) atoms. The first-order chi connectivity index (χ1) is 10.4. The highest BCUT2D eigenvalue weighted by atomic mass is 16.6. The predicted molar refractivity (Wildman–Crippen MR) is 83.5 cm³/mol. The number of nitro groups is 1. The van der Waals surface area contributed by atoms with Gasteiger partial charge < -0.3 is 10.6 Å².